The molecule has 0 radical (unpaired) electrons. The van der Waals surface area contributed by atoms with Crippen LogP contribution in [0.25, 0.3) is 0 Å². The van der Waals surface area contributed by atoms with Gasteiger partial charge in [0, 0.05) is 38.4 Å². The largest absolute Gasteiger partial charge is 0.369 e. The highest BCUT2D eigenvalue weighted by Gasteiger charge is 2.20. The molecule has 0 spiro atoms. The average Bonchev–Trinajstić information content (AvgIpc) is 3.44. The van der Waals surface area contributed by atoms with Gasteiger partial charge in [-0.3, -0.25) is 9.69 Å². The quantitative estimate of drug-likeness (QED) is 0.581. The van der Waals surface area contributed by atoms with E-state index >= 15 is 0 Å². The molecule has 0 bridgehead atoms. The summed E-state index contributed by atoms with van der Waals surface area (Å²) in [7, 11) is 0. The van der Waals surface area contributed by atoms with Gasteiger partial charge in [0.1, 0.15) is 0 Å². The summed E-state index contributed by atoms with van der Waals surface area (Å²) < 4.78 is 0. The number of hydrogen-bond donors (Lipinski definition) is 2. The Balaban J connectivity index is 0.00000225. The van der Waals surface area contributed by atoms with E-state index in [1.54, 1.807) is 0 Å². The third-order valence-electron chi connectivity index (χ3n) is 4.88. The Morgan fingerprint density at radius 2 is 1.67 bits per heavy atom. The van der Waals surface area contributed by atoms with Crippen LogP contribution in [0, 0.1) is 5.92 Å². The maximum atomic E-state index is 11.7. The molecule has 1 aromatic rings. The van der Waals surface area contributed by atoms with Gasteiger partial charge in [-0.2, -0.15) is 0 Å². The summed E-state index contributed by atoms with van der Waals surface area (Å²) >= 11 is 0. The molecule has 0 atom stereocenters. The Morgan fingerprint density at radius 1 is 1.00 bits per heavy atom. The van der Waals surface area contributed by atoms with Crippen molar-refractivity contribution in [3.05, 3.63) is 30.3 Å². The summed E-state index contributed by atoms with van der Waals surface area (Å²) in [5.74, 6) is 0.955. The maximum Gasteiger partial charge on any atom is 0.233 e. The van der Waals surface area contributed by atoms with E-state index in [-0.39, 0.29) is 43.1 Å². The molecule has 1 saturated carbocycles. The molecule has 1 aromatic carbocycles. The number of anilines is 1. The predicted molar refractivity (Wildman–Crippen MR) is 120 cm³/mol. The SMILES string of the molecule is Cl.Cl.Cl.O=C(CNCC1CC1)NCCCN1CCN(c2ccccc2)CC1. The molecule has 27 heavy (non-hydrogen) atoms. The number of carbonyl (C=O) groups excluding carboxylic acids is 1. The van der Waals surface area contributed by atoms with Crippen molar-refractivity contribution in [2.24, 2.45) is 5.92 Å². The molecular formula is C19H33Cl3N4O. The summed E-state index contributed by atoms with van der Waals surface area (Å²) in [6.45, 7) is 7.69. The van der Waals surface area contributed by atoms with Crippen LogP contribution >= 0.6 is 37.2 Å². The standard InChI is InChI=1S/C19H30N4O.3ClH/c24-19(16-20-15-17-7-8-17)21-9-4-10-22-11-13-23(14-12-22)18-5-2-1-3-6-18;;;/h1-3,5-6,17,20H,4,7-16H2,(H,21,24);3*1H. The molecule has 1 amide bonds. The smallest absolute Gasteiger partial charge is 0.233 e. The number of rotatable bonds is 9. The first kappa shape index (κ1) is 26.3. The lowest BCUT2D eigenvalue weighted by Crippen LogP contribution is -2.47. The number of piperazine rings is 1. The first-order valence-corrected chi connectivity index (χ1v) is 9.31. The number of nitrogens with zero attached hydrogens (tertiary/aromatic N) is 2. The Hall–Kier alpha value is -0.720. The van der Waals surface area contributed by atoms with Crippen LogP contribution in [-0.2, 0) is 4.79 Å². The second-order valence-electron chi connectivity index (χ2n) is 6.94. The number of hydrogen-bond acceptors (Lipinski definition) is 4. The van der Waals surface area contributed by atoms with Crippen LogP contribution in [0.15, 0.2) is 30.3 Å². The summed E-state index contributed by atoms with van der Waals surface area (Å²) in [5, 5.41) is 6.24. The lowest BCUT2D eigenvalue weighted by molar-refractivity contribution is -0.120. The fourth-order valence-corrected chi connectivity index (χ4v) is 3.17. The first-order valence-electron chi connectivity index (χ1n) is 9.31. The number of nitrogens with one attached hydrogen (secondary N) is 2. The molecule has 3 rings (SSSR count). The highest BCUT2D eigenvalue weighted by molar-refractivity contribution is 5.86. The second-order valence-corrected chi connectivity index (χ2v) is 6.94. The molecule has 1 aliphatic carbocycles. The van der Waals surface area contributed by atoms with Crippen molar-refractivity contribution in [2.45, 2.75) is 19.3 Å². The van der Waals surface area contributed by atoms with Crippen molar-refractivity contribution in [2.75, 3.05) is 57.3 Å². The molecule has 5 nitrogen and oxygen atoms in total. The van der Waals surface area contributed by atoms with Crippen LogP contribution < -0.4 is 15.5 Å². The number of para-hydroxylation sites is 1. The topological polar surface area (TPSA) is 47.6 Å². The van der Waals surface area contributed by atoms with Gasteiger partial charge in [0.25, 0.3) is 0 Å². The van der Waals surface area contributed by atoms with Gasteiger partial charge in [0.2, 0.25) is 5.91 Å². The first-order chi connectivity index (χ1) is 11.8. The fraction of sp³-hybridized carbons (Fsp3) is 0.632. The Labute approximate surface area is 181 Å². The fourth-order valence-electron chi connectivity index (χ4n) is 3.17. The highest BCUT2D eigenvalue weighted by atomic mass is 35.5. The van der Waals surface area contributed by atoms with E-state index in [4.69, 9.17) is 0 Å². The van der Waals surface area contributed by atoms with Gasteiger partial charge >= 0.3 is 0 Å². The van der Waals surface area contributed by atoms with Crippen LogP contribution in [0.4, 0.5) is 5.69 Å². The third kappa shape index (κ3) is 9.86. The maximum absolute atomic E-state index is 11.7. The molecule has 0 unspecified atom stereocenters. The summed E-state index contributed by atoms with van der Waals surface area (Å²) in [4.78, 5) is 16.6. The number of benzene rings is 1. The summed E-state index contributed by atoms with van der Waals surface area (Å²) in [5.41, 5.74) is 1.32. The van der Waals surface area contributed by atoms with E-state index in [0.29, 0.717) is 6.54 Å². The molecular weight excluding hydrogens is 407 g/mol. The normalized spacial score (nSPS) is 16.5. The Bertz CT molecular complexity index is 509. The molecule has 1 heterocycles. The molecule has 2 fully saturated rings. The monoisotopic (exact) mass is 438 g/mol. The van der Waals surface area contributed by atoms with Gasteiger partial charge < -0.3 is 15.5 Å². The minimum atomic E-state index is 0. The van der Waals surface area contributed by atoms with E-state index in [9.17, 15) is 4.79 Å². The van der Waals surface area contributed by atoms with Gasteiger partial charge in [0.05, 0.1) is 6.54 Å². The molecule has 0 aromatic heterocycles. The zero-order chi connectivity index (χ0) is 16.6. The predicted octanol–water partition coefficient (Wildman–Crippen LogP) is 2.58. The van der Waals surface area contributed by atoms with Crippen LogP contribution in [0.1, 0.15) is 19.3 Å². The number of amides is 1. The highest BCUT2D eigenvalue weighted by Crippen LogP contribution is 2.27. The Kier molecular flexibility index (Phi) is 13.9. The second kappa shape index (κ2) is 14.3. The Morgan fingerprint density at radius 3 is 2.30 bits per heavy atom. The molecule has 8 heteroatoms. The minimum absolute atomic E-state index is 0. The third-order valence-corrected chi connectivity index (χ3v) is 4.88. The molecule has 156 valence electrons. The van der Waals surface area contributed by atoms with Gasteiger partial charge in [-0.1, -0.05) is 18.2 Å². The number of halogens is 3. The lowest BCUT2D eigenvalue weighted by atomic mass is 10.2. The summed E-state index contributed by atoms with van der Waals surface area (Å²) in [6.07, 6.45) is 3.68. The van der Waals surface area contributed by atoms with E-state index in [2.05, 4.69) is 50.8 Å². The van der Waals surface area contributed by atoms with Gasteiger partial charge in [-0.05, 0) is 50.4 Å². The lowest BCUT2D eigenvalue weighted by Gasteiger charge is -2.36. The van der Waals surface area contributed by atoms with E-state index in [1.807, 2.05) is 0 Å². The molecule has 2 aliphatic rings. The zero-order valence-corrected chi connectivity index (χ0v) is 18.2. The summed E-state index contributed by atoms with van der Waals surface area (Å²) in [6, 6.07) is 10.6. The average molecular weight is 440 g/mol. The van der Waals surface area contributed by atoms with Crippen molar-refractivity contribution in [1.82, 2.24) is 15.5 Å². The van der Waals surface area contributed by atoms with E-state index in [0.717, 1.165) is 58.2 Å². The van der Waals surface area contributed by atoms with Crippen molar-refractivity contribution in [1.29, 1.82) is 0 Å². The number of carbonyl (C=O) groups is 1. The van der Waals surface area contributed by atoms with Crippen molar-refractivity contribution >= 4 is 48.8 Å². The van der Waals surface area contributed by atoms with Gasteiger partial charge in [0.15, 0.2) is 0 Å². The van der Waals surface area contributed by atoms with Gasteiger partial charge in [-0.25, -0.2) is 0 Å². The molecule has 1 saturated heterocycles. The van der Waals surface area contributed by atoms with Crippen molar-refractivity contribution in [3.8, 4) is 0 Å². The van der Waals surface area contributed by atoms with Crippen LogP contribution in [0.5, 0.6) is 0 Å². The van der Waals surface area contributed by atoms with Gasteiger partial charge in [-0.15, -0.1) is 37.2 Å². The van der Waals surface area contributed by atoms with Crippen LogP contribution in [0.2, 0.25) is 0 Å². The van der Waals surface area contributed by atoms with E-state index in [1.165, 1.54) is 18.5 Å². The molecule has 2 N–H and O–H groups in total. The van der Waals surface area contributed by atoms with E-state index < -0.39 is 0 Å². The minimum Gasteiger partial charge on any atom is -0.369 e. The zero-order valence-electron chi connectivity index (χ0n) is 15.8. The van der Waals surface area contributed by atoms with Crippen molar-refractivity contribution in [3.63, 3.8) is 0 Å². The van der Waals surface area contributed by atoms with Crippen molar-refractivity contribution < 1.29 is 4.79 Å². The van der Waals surface area contributed by atoms with Crippen LogP contribution in [0.3, 0.4) is 0 Å². The molecule has 1 aliphatic heterocycles. The van der Waals surface area contributed by atoms with Crippen LogP contribution in [-0.4, -0.2) is 63.2 Å².